The quantitative estimate of drug-likeness (QED) is 0.128. The average Bonchev–Trinajstić information content (AvgIpc) is 3.97. The van der Waals surface area contributed by atoms with Gasteiger partial charge in [-0.05, 0) is 114 Å². The van der Waals surface area contributed by atoms with Crippen molar-refractivity contribution < 1.29 is 25.8 Å². The second-order valence-electron chi connectivity index (χ2n) is 25.2. The van der Waals surface area contributed by atoms with Crippen LogP contribution >= 0.6 is 0 Å². The van der Waals surface area contributed by atoms with Crippen LogP contribution in [0.2, 0.25) is 0 Å². The van der Waals surface area contributed by atoms with Gasteiger partial charge in [0.1, 0.15) is 5.82 Å². The third-order valence-electron chi connectivity index (χ3n) is 16.0. The van der Waals surface area contributed by atoms with Crippen molar-refractivity contribution in [2.24, 2.45) is 0 Å². The maximum Gasteiger partial charge on any atom is 0.135 e. The van der Waals surface area contributed by atoms with Crippen LogP contribution in [0.4, 0.5) is 22.7 Å². The Morgan fingerprint density at radius 1 is 0.423 bits per heavy atom. The molecule has 398 valence electrons. The first-order chi connectivity index (χ1) is 36.5. The van der Waals surface area contributed by atoms with Crippen LogP contribution in [0.3, 0.4) is 0 Å². The first-order valence-electron chi connectivity index (χ1n) is 27.2. The van der Waals surface area contributed by atoms with Crippen LogP contribution in [-0.4, -0.2) is 9.55 Å². The van der Waals surface area contributed by atoms with Crippen molar-refractivity contribution in [1.82, 2.24) is 9.55 Å². The number of hydrogen-bond acceptors (Lipinski definition) is 4. The molecule has 0 N–H and O–H groups in total. The van der Waals surface area contributed by atoms with Gasteiger partial charge in [-0.1, -0.05) is 211 Å². The minimum absolute atomic E-state index is 0. The first kappa shape index (κ1) is 54.2. The SMILES string of the molecule is CC(C)(C)c1cc(-c2ccccc2)cc(N2[CH-]N(c3[c-]c(Oc4[c-]c5c(cc4)c4ccc(C(C)(C)C)cc4n5-c4cc(C(C)(C)C)ccn4)cc(C(C)(C)c4ccccc4)c3)c3ccc(C(C)(C)c4ccccc4)cc32)c1.[Pt]. The van der Waals surface area contributed by atoms with Gasteiger partial charge in [0.15, 0.2) is 0 Å². The van der Waals surface area contributed by atoms with E-state index in [4.69, 9.17) is 9.72 Å². The minimum atomic E-state index is -0.407. The molecule has 0 atom stereocenters. The summed E-state index contributed by atoms with van der Waals surface area (Å²) in [5.41, 5.74) is 16.1. The van der Waals surface area contributed by atoms with Crippen molar-refractivity contribution in [2.45, 2.75) is 117 Å². The molecule has 0 fully saturated rings. The molecule has 0 unspecified atom stereocenters. The minimum Gasteiger partial charge on any atom is -0.509 e. The maximum absolute atomic E-state index is 7.13. The summed E-state index contributed by atoms with van der Waals surface area (Å²) < 4.78 is 9.40. The number of fused-ring (bicyclic) bond motifs is 4. The Balaban J connectivity index is 0.00000688. The van der Waals surface area contributed by atoms with E-state index in [1.54, 1.807) is 0 Å². The molecule has 0 saturated carbocycles. The van der Waals surface area contributed by atoms with E-state index in [1.165, 1.54) is 44.5 Å². The third-order valence-corrected chi connectivity index (χ3v) is 16.0. The van der Waals surface area contributed by atoms with Gasteiger partial charge in [0.05, 0.1) is 0 Å². The fourth-order valence-corrected chi connectivity index (χ4v) is 10.9. The Bertz CT molecular complexity index is 3820. The fraction of sp³-hybridized carbons (Fsp3) is 0.250. The van der Waals surface area contributed by atoms with Gasteiger partial charge in [0, 0.05) is 66.8 Å². The average molecular weight is 1200 g/mol. The second kappa shape index (κ2) is 20.2. The number of hydrogen-bond donors (Lipinski definition) is 0. The molecule has 6 heteroatoms. The summed E-state index contributed by atoms with van der Waals surface area (Å²) in [4.78, 5) is 9.69. The molecule has 0 amide bonds. The molecule has 0 radical (unpaired) electrons. The fourth-order valence-electron chi connectivity index (χ4n) is 10.9. The van der Waals surface area contributed by atoms with Gasteiger partial charge in [0.2, 0.25) is 0 Å². The summed E-state index contributed by atoms with van der Waals surface area (Å²) >= 11 is 0. The molecule has 1 aliphatic heterocycles. The topological polar surface area (TPSA) is 33.5 Å². The van der Waals surface area contributed by atoms with Crippen molar-refractivity contribution >= 4 is 44.6 Å². The van der Waals surface area contributed by atoms with Crippen molar-refractivity contribution in [1.29, 1.82) is 0 Å². The molecule has 5 nitrogen and oxygen atoms in total. The van der Waals surface area contributed by atoms with Gasteiger partial charge in [-0.3, -0.25) is 0 Å². The van der Waals surface area contributed by atoms with Crippen LogP contribution < -0.4 is 14.5 Å². The first-order valence-corrected chi connectivity index (χ1v) is 27.2. The number of ether oxygens (including phenoxy) is 1. The molecule has 3 heterocycles. The van der Waals surface area contributed by atoms with E-state index in [1.807, 2.05) is 12.3 Å². The normalized spacial score (nSPS) is 13.2. The van der Waals surface area contributed by atoms with E-state index in [0.29, 0.717) is 11.5 Å². The van der Waals surface area contributed by atoms with E-state index < -0.39 is 5.41 Å². The predicted molar refractivity (Wildman–Crippen MR) is 323 cm³/mol. The third kappa shape index (κ3) is 10.2. The Morgan fingerprint density at radius 3 is 1.65 bits per heavy atom. The van der Waals surface area contributed by atoms with Crippen molar-refractivity contribution in [3.05, 3.63) is 246 Å². The van der Waals surface area contributed by atoms with Crippen molar-refractivity contribution in [3.63, 3.8) is 0 Å². The number of anilines is 4. The smallest absolute Gasteiger partial charge is 0.135 e. The number of benzene rings is 8. The van der Waals surface area contributed by atoms with Gasteiger partial charge in [-0.2, -0.15) is 6.07 Å². The van der Waals surface area contributed by atoms with Gasteiger partial charge < -0.3 is 19.1 Å². The van der Waals surface area contributed by atoms with Crippen LogP contribution in [0.15, 0.2) is 188 Å². The van der Waals surface area contributed by atoms with E-state index in [-0.39, 0.29) is 42.7 Å². The molecule has 8 aromatic carbocycles. The van der Waals surface area contributed by atoms with Crippen molar-refractivity contribution in [2.75, 3.05) is 9.80 Å². The summed E-state index contributed by atoms with van der Waals surface area (Å²) in [5, 5.41) is 2.23. The Hall–Kier alpha value is -7.20. The van der Waals surface area contributed by atoms with Crippen molar-refractivity contribution in [3.8, 4) is 28.4 Å². The largest absolute Gasteiger partial charge is 0.509 e. The Labute approximate surface area is 478 Å². The molecule has 2 aromatic heterocycles. The van der Waals surface area contributed by atoms with Gasteiger partial charge in [-0.25, -0.2) is 4.98 Å². The molecular weight excluding hydrogens is 1130 g/mol. The maximum atomic E-state index is 7.13. The van der Waals surface area contributed by atoms with Gasteiger partial charge >= 0.3 is 0 Å². The van der Waals surface area contributed by atoms with Gasteiger partial charge in [-0.15, -0.1) is 53.6 Å². The standard InChI is InChI=1S/C72H71N4O.Pt/c1-68(2,3)52-29-32-61-62-33-31-59(46-65(62)76(64(61)42-52)67-44-53(35-36-73-67)69(4,5)6)77-60-41-56(72(12,13)51-27-21-16-22-28-51)40-58(45-60)74-47-75(57-38-49(48-23-17-14-18-24-48)37-55(39-57)70(7,8)9)66-43-54(30-34-63(66)74)71(10,11)50-25-19-15-20-26-50;/h14-44,47H,1-13H3;/q-3;. The number of nitrogens with zero attached hydrogens (tertiary/aromatic N) is 4. The summed E-state index contributed by atoms with van der Waals surface area (Å²) in [7, 11) is 0. The van der Waals surface area contributed by atoms with Crippen LogP contribution in [0.25, 0.3) is 38.8 Å². The molecule has 11 rings (SSSR count). The zero-order chi connectivity index (χ0) is 54.2. The van der Waals surface area contributed by atoms with Crippen LogP contribution in [0, 0.1) is 18.8 Å². The molecule has 0 aliphatic carbocycles. The van der Waals surface area contributed by atoms with E-state index in [9.17, 15) is 0 Å². The molecule has 1 aliphatic rings. The number of aromatic nitrogens is 2. The van der Waals surface area contributed by atoms with Crippen LogP contribution in [0.1, 0.15) is 129 Å². The number of rotatable bonds is 10. The van der Waals surface area contributed by atoms with E-state index >= 15 is 0 Å². The zero-order valence-corrected chi connectivity index (χ0v) is 49.8. The second-order valence-corrected chi connectivity index (χ2v) is 25.2. The Morgan fingerprint density at radius 2 is 1.01 bits per heavy atom. The predicted octanol–water partition coefficient (Wildman–Crippen LogP) is 19.2. The summed E-state index contributed by atoms with van der Waals surface area (Å²) in [6, 6.07) is 73.8. The monoisotopic (exact) mass is 1200 g/mol. The summed E-state index contributed by atoms with van der Waals surface area (Å²) in [6.45, 7) is 31.9. The molecule has 0 saturated heterocycles. The van der Waals surface area contributed by atoms with E-state index in [2.05, 4.69) is 299 Å². The summed E-state index contributed by atoms with van der Waals surface area (Å²) in [6.07, 6.45) is 1.93. The molecule has 78 heavy (non-hydrogen) atoms. The van der Waals surface area contributed by atoms with Crippen LogP contribution in [0.5, 0.6) is 11.5 Å². The molecule has 10 aromatic rings. The van der Waals surface area contributed by atoms with Gasteiger partial charge in [0.25, 0.3) is 0 Å². The Kier molecular flexibility index (Phi) is 14.0. The molecule has 0 bridgehead atoms. The summed E-state index contributed by atoms with van der Waals surface area (Å²) in [5.74, 6) is 2.04. The number of pyridine rings is 1. The van der Waals surface area contributed by atoms with Crippen LogP contribution in [-0.2, 0) is 48.1 Å². The molecule has 0 spiro atoms. The van der Waals surface area contributed by atoms with E-state index in [0.717, 1.165) is 55.9 Å². The molecular formula is C72H71N4OPt-3. The zero-order valence-electron chi connectivity index (χ0n) is 47.5.